The molecule has 2 nitrogen and oxygen atoms in total. The van der Waals surface area contributed by atoms with E-state index in [2.05, 4.69) is 34.5 Å². The lowest BCUT2D eigenvalue weighted by Gasteiger charge is -2.00. The lowest BCUT2D eigenvalue weighted by Crippen LogP contribution is -1.84. The summed E-state index contributed by atoms with van der Waals surface area (Å²) in [5.74, 6) is 0. The molecule has 0 radical (unpaired) electrons. The van der Waals surface area contributed by atoms with Gasteiger partial charge in [-0.1, -0.05) is 48.5 Å². The van der Waals surface area contributed by atoms with E-state index in [1.54, 1.807) is 0 Å². The number of para-hydroxylation sites is 1. The van der Waals surface area contributed by atoms with E-state index < -0.39 is 0 Å². The van der Waals surface area contributed by atoms with Crippen LogP contribution in [0.25, 0.3) is 0 Å². The summed E-state index contributed by atoms with van der Waals surface area (Å²) in [5, 5.41) is 2.41. The molecule has 1 fully saturated rings. The summed E-state index contributed by atoms with van der Waals surface area (Å²) in [6.45, 7) is 0. The lowest BCUT2D eigenvalue weighted by molar-refractivity contribution is 0.378. The molecule has 0 saturated carbocycles. The molecule has 0 bridgehead atoms. The number of epoxide rings is 1. The van der Waals surface area contributed by atoms with E-state index in [1.807, 2.05) is 42.5 Å². The van der Waals surface area contributed by atoms with Gasteiger partial charge in [0.15, 0.2) is 0 Å². The monoisotopic (exact) mass is 253 g/mol. The van der Waals surface area contributed by atoms with Crippen molar-refractivity contribution in [3.05, 3.63) is 65.7 Å². The first-order valence-electron chi connectivity index (χ1n) is 5.77. The van der Waals surface area contributed by atoms with Gasteiger partial charge in [0.2, 0.25) is 0 Å². The first kappa shape index (κ1) is 11.3. The molecule has 88 valence electrons. The Morgan fingerprint density at radius 3 is 2.44 bits per heavy atom. The second kappa shape index (κ2) is 4.83. The molecular formula is C15H11NOS. The van der Waals surface area contributed by atoms with Gasteiger partial charge in [-0.3, -0.25) is 0 Å². The number of ether oxygens (including phenoxy) is 1. The lowest BCUT2D eigenvalue weighted by atomic mass is 10.0. The standard InChI is InChI=1S/C15H11NOS/c18-10-16-13-9-5-4-8-12(13)15-14(17-15)11-6-2-1-3-7-11/h1-9,14-15H/t14-,15-/m1/s1. The smallest absolute Gasteiger partial charge is 0.116 e. The van der Waals surface area contributed by atoms with Gasteiger partial charge in [-0.05, 0) is 23.8 Å². The average Bonchev–Trinajstić information content (AvgIpc) is 3.21. The van der Waals surface area contributed by atoms with Crippen molar-refractivity contribution in [1.82, 2.24) is 0 Å². The van der Waals surface area contributed by atoms with Gasteiger partial charge < -0.3 is 4.74 Å². The summed E-state index contributed by atoms with van der Waals surface area (Å²) < 4.78 is 5.75. The predicted molar refractivity (Wildman–Crippen MR) is 74.1 cm³/mol. The van der Waals surface area contributed by atoms with Crippen molar-refractivity contribution in [3.63, 3.8) is 0 Å². The molecule has 1 aliphatic rings. The van der Waals surface area contributed by atoms with Crippen LogP contribution >= 0.6 is 12.2 Å². The molecule has 2 aromatic rings. The van der Waals surface area contributed by atoms with Crippen LogP contribution in [0.4, 0.5) is 5.69 Å². The van der Waals surface area contributed by atoms with Crippen molar-refractivity contribution < 1.29 is 4.74 Å². The first-order valence-corrected chi connectivity index (χ1v) is 6.18. The van der Waals surface area contributed by atoms with Crippen LogP contribution in [0, 0.1) is 0 Å². The molecule has 0 N–H and O–H groups in total. The van der Waals surface area contributed by atoms with Crippen LogP contribution in [0.3, 0.4) is 0 Å². The summed E-state index contributed by atoms with van der Waals surface area (Å²) in [7, 11) is 0. The molecule has 2 atom stereocenters. The predicted octanol–water partition coefficient (Wildman–Crippen LogP) is 4.23. The molecule has 1 aliphatic heterocycles. The van der Waals surface area contributed by atoms with Crippen molar-refractivity contribution >= 4 is 23.1 Å². The highest BCUT2D eigenvalue weighted by Gasteiger charge is 2.42. The Bertz CT molecular complexity index is 605. The summed E-state index contributed by atoms with van der Waals surface area (Å²) in [6.07, 6.45) is 0.211. The third-order valence-corrected chi connectivity index (χ3v) is 3.12. The van der Waals surface area contributed by atoms with E-state index in [1.165, 1.54) is 5.56 Å². The summed E-state index contributed by atoms with van der Waals surface area (Å²) >= 11 is 4.67. The van der Waals surface area contributed by atoms with Gasteiger partial charge >= 0.3 is 0 Å². The number of hydrogen-bond acceptors (Lipinski definition) is 3. The van der Waals surface area contributed by atoms with Crippen LogP contribution in [0.15, 0.2) is 59.6 Å². The Labute approximate surface area is 111 Å². The van der Waals surface area contributed by atoms with Gasteiger partial charge in [-0.25, -0.2) is 0 Å². The van der Waals surface area contributed by atoms with Crippen molar-refractivity contribution in [2.24, 2.45) is 4.99 Å². The van der Waals surface area contributed by atoms with Gasteiger partial charge in [-0.15, -0.1) is 0 Å². The van der Waals surface area contributed by atoms with Gasteiger partial charge in [0.25, 0.3) is 0 Å². The first-order chi connectivity index (χ1) is 8.90. The SMILES string of the molecule is S=C=Nc1ccccc1[C@H]1O[C@@H]1c1ccccc1. The van der Waals surface area contributed by atoms with Crippen LogP contribution in [0.1, 0.15) is 23.3 Å². The Kier molecular flexibility index (Phi) is 3.03. The Hall–Kier alpha value is -1.80. The maximum Gasteiger partial charge on any atom is 0.116 e. The normalized spacial score (nSPS) is 21.1. The van der Waals surface area contributed by atoms with E-state index in [-0.39, 0.29) is 12.2 Å². The molecule has 0 aromatic heterocycles. The number of nitrogens with zero attached hydrogens (tertiary/aromatic N) is 1. The quantitative estimate of drug-likeness (QED) is 0.464. The fourth-order valence-corrected chi connectivity index (χ4v) is 2.22. The third kappa shape index (κ3) is 2.12. The van der Waals surface area contributed by atoms with E-state index in [0.29, 0.717) is 0 Å². The zero-order valence-electron chi connectivity index (χ0n) is 9.61. The van der Waals surface area contributed by atoms with Crippen LogP contribution in [-0.2, 0) is 4.74 Å². The maximum atomic E-state index is 5.75. The van der Waals surface area contributed by atoms with E-state index in [0.717, 1.165) is 11.3 Å². The zero-order valence-corrected chi connectivity index (χ0v) is 10.4. The van der Waals surface area contributed by atoms with Gasteiger partial charge in [0.05, 0.1) is 10.8 Å². The van der Waals surface area contributed by atoms with E-state index >= 15 is 0 Å². The van der Waals surface area contributed by atoms with E-state index in [4.69, 9.17) is 4.74 Å². The summed E-state index contributed by atoms with van der Waals surface area (Å²) in [6, 6.07) is 18.1. The topological polar surface area (TPSA) is 24.9 Å². The number of thiocarbonyl (C=S) groups is 1. The summed E-state index contributed by atoms with van der Waals surface area (Å²) in [5.41, 5.74) is 3.11. The minimum atomic E-state index is 0.0794. The molecular weight excluding hydrogens is 242 g/mol. The zero-order chi connectivity index (χ0) is 12.4. The number of rotatable bonds is 3. The summed E-state index contributed by atoms with van der Waals surface area (Å²) in [4.78, 5) is 4.08. The molecule has 0 unspecified atom stereocenters. The van der Waals surface area contributed by atoms with Gasteiger partial charge in [0, 0.05) is 5.56 Å². The Balaban J connectivity index is 1.89. The van der Waals surface area contributed by atoms with Crippen LogP contribution in [0.2, 0.25) is 0 Å². The van der Waals surface area contributed by atoms with Crippen molar-refractivity contribution in [2.45, 2.75) is 12.2 Å². The molecule has 0 spiro atoms. The molecule has 1 heterocycles. The maximum absolute atomic E-state index is 5.75. The fourth-order valence-electron chi connectivity index (χ4n) is 2.12. The molecule has 2 aromatic carbocycles. The molecule has 3 heteroatoms. The molecule has 3 rings (SSSR count). The largest absolute Gasteiger partial charge is 0.359 e. The molecule has 1 saturated heterocycles. The van der Waals surface area contributed by atoms with Crippen molar-refractivity contribution in [2.75, 3.05) is 0 Å². The molecule has 18 heavy (non-hydrogen) atoms. The van der Waals surface area contributed by atoms with Crippen LogP contribution in [0.5, 0.6) is 0 Å². The van der Waals surface area contributed by atoms with Crippen LogP contribution < -0.4 is 0 Å². The average molecular weight is 253 g/mol. The Morgan fingerprint density at radius 1 is 0.944 bits per heavy atom. The molecule has 0 amide bonds. The van der Waals surface area contributed by atoms with Crippen LogP contribution in [-0.4, -0.2) is 5.16 Å². The number of benzene rings is 2. The number of aliphatic imine (C=N–C) groups is 1. The highest BCUT2D eigenvalue weighted by atomic mass is 32.1. The minimum absolute atomic E-state index is 0.0794. The highest BCUT2D eigenvalue weighted by Crippen LogP contribution is 2.52. The minimum Gasteiger partial charge on any atom is -0.359 e. The highest BCUT2D eigenvalue weighted by molar-refractivity contribution is 7.78. The fraction of sp³-hybridized carbons (Fsp3) is 0.133. The second-order valence-corrected chi connectivity index (χ2v) is 4.33. The third-order valence-electron chi connectivity index (χ3n) is 3.03. The number of isothiocyanates is 1. The molecule has 0 aliphatic carbocycles. The van der Waals surface area contributed by atoms with Gasteiger partial charge in [-0.2, -0.15) is 4.99 Å². The van der Waals surface area contributed by atoms with E-state index in [9.17, 15) is 0 Å². The number of hydrogen-bond donors (Lipinski definition) is 0. The van der Waals surface area contributed by atoms with Crippen molar-refractivity contribution in [3.8, 4) is 0 Å². The van der Waals surface area contributed by atoms with Gasteiger partial charge in [0.1, 0.15) is 12.2 Å². The Morgan fingerprint density at radius 2 is 1.67 bits per heavy atom. The van der Waals surface area contributed by atoms with Crippen molar-refractivity contribution in [1.29, 1.82) is 0 Å². The second-order valence-electron chi connectivity index (χ2n) is 4.15.